The third-order valence-electron chi connectivity index (χ3n) is 3.75. The Kier molecular flexibility index (Phi) is 4.17. The fourth-order valence-electron chi connectivity index (χ4n) is 2.61. The van der Waals surface area contributed by atoms with Gasteiger partial charge in [0.15, 0.2) is 11.4 Å². The molecule has 0 bridgehead atoms. The monoisotopic (exact) mass is 320 g/mol. The number of nitrogens with zero attached hydrogens (tertiary/aromatic N) is 3. The van der Waals surface area contributed by atoms with Crippen LogP contribution >= 0.6 is 0 Å². The summed E-state index contributed by atoms with van der Waals surface area (Å²) in [6.45, 7) is 1.94. The first-order chi connectivity index (χ1) is 11.7. The smallest absolute Gasteiger partial charge is 0.274 e. The number of nitrogens with one attached hydrogen (secondary N) is 1. The number of aryl methyl sites for hydroxylation is 1. The summed E-state index contributed by atoms with van der Waals surface area (Å²) in [6, 6.07) is 12.6. The number of methoxy groups -OCH3 is 1. The quantitative estimate of drug-likeness (QED) is 0.801. The van der Waals surface area contributed by atoms with E-state index < -0.39 is 0 Å². The van der Waals surface area contributed by atoms with Gasteiger partial charge in [-0.25, -0.2) is 4.98 Å². The fourth-order valence-corrected chi connectivity index (χ4v) is 2.61. The molecular formula is C18H16N4O2. The minimum atomic E-state index is -0.310. The first-order valence-electron chi connectivity index (χ1n) is 7.54. The number of imidazole rings is 1. The summed E-state index contributed by atoms with van der Waals surface area (Å²) >= 11 is 0. The molecule has 6 nitrogen and oxygen atoms in total. The number of para-hydroxylation sites is 1. The highest BCUT2D eigenvalue weighted by atomic mass is 16.5. The third-order valence-corrected chi connectivity index (χ3v) is 3.75. The molecule has 2 aromatic heterocycles. The maximum absolute atomic E-state index is 12.8. The van der Waals surface area contributed by atoms with E-state index in [0.29, 0.717) is 40.5 Å². The van der Waals surface area contributed by atoms with E-state index >= 15 is 0 Å². The predicted octanol–water partition coefficient (Wildman–Crippen LogP) is 3.03. The number of hydrogen-bond acceptors (Lipinski definition) is 4. The summed E-state index contributed by atoms with van der Waals surface area (Å²) in [4.78, 5) is 17.3. The SMILES string of the molecule is CCc1nc2c(OC)cccn2c1C(=O)Nc1ccccc1C#N. The van der Waals surface area contributed by atoms with Crippen molar-refractivity contribution in [3.8, 4) is 11.8 Å². The van der Waals surface area contributed by atoms with Crippen LogP contribution in [-0.2, 0) is 6.42 Å². The van der Waals surface area contributed by atoms with Gasteiger partial charge in [0, 0.05) is 6.20 Å². The highest BCUT2D eigenvalue weighted by Crippen LogP contribution is 2.23. The lowest BCUT2D eigenvalue weighted by Gasteiger charge is -2.08. The molecule has 0 radical (unpaired) electrons. The molecule has 0 saturated carbocycles. The molecular weight excluding hydrogens is 304 g/mol. The number of hydrogen-bond donors (Lipinski definition) is 1. The Morgan fingerprint density at radius 1 is 1.33 bits per heavy atom. The highest BCUT2D eigenvalue weighted by molar-refractivity contribution is 6.05. The van der Waals surface area contributed by atoms with Gasteiger partial charge in [-0.1, -0.05) is 19.1 Å². The topological polar surface area (TPSA) is 79.4 Å². The molecule has 3 aromatic rings. The molecule has 120 valence electrons. The molecule has 0 aliphatic carbocycles. The van der Waals surface area contributed by atoms with E-state index in [1.807, 2.05) is 6.92 Å². The Hall–Kier alpha value is -3.33. The molecule has 0 fully saturated rings. The van der Waals surface area contributed by atoms with E-state index in [1.54, 1.807) is 54.1 Å². The van der Waals surface area contributed by atoms with E-state index in [4.69, 9.17) is 10.00 Å². The molecule has 6 heteroatoms. The van der Waals surface area contributed by atoms with Crippen LogP contribution in [0.5, 0.6) is 5.75 Å². The number of rotatable bonds is 4. The molecule has 24 heavy (non-hydrogen) atoms. The number of anilines is 1. The number of carbonyl (C=O) groups is 1. The molecule has 0 saturated heterocycles. The molecule has 1 aromatic carbocycles. The summed E-state index contributed by atoms with van der Waals surface area (Å²) in [7, 11) is 1.57. The largest absolute Gasteiger partial charge is 0.493 e. The Morgan fingerprint density at radius 3 is 2.83 bits per heavy atom. The Morgan fingerprint density at radius 2 is 2.12 bits per heavy atom. The predicted molar refractivity (Wildman–Crippen MR) is 90.2 cm³/mol. The van der Waals surface area contributed by atoms with Gasteiger partial charge in [-0.15, -0.1) is 0 Å². The van der Waals surface area contributed by atoms with Crippen molar-refractivity contribution < 1.29 is 9.53 Å². The van der Waals surface area contributed by atoms with Gasteiger partial charge in [-0.3, -0.25) is 9.20 Å². The van der Waals surface area contributed by atoms with Gasteiger partial charge in [0.25, 0.3) is 5.91 Å². The number of fused-ring (bicyclic) bond motifs is 1. The Balaban J connectivity index is 2.08. The van der Waals surface area contributed by atoms with Crippen molar-refractivity contribution in [2.24, 2.45) is 0 Å². The van der Waals surface area contributed by atoms with Crippen molar-refractivity contribution in [1.82, 2.24) is 9.38 Å². The molecule has 0 unspecified atom stereocenters. The van der Waals surface area contributed by atoms with Crippen molar-refractivity contribution in [2.45, 2.75) is 13.3 Å². The van der Waals surface area contributed by atoms with Crippen molar-refractivity contribution >= 4 is 17.2 Å². The Bertz CT molecular complexity index is 953. The van der Waals surface area contributed by atoms with Crippen molar-refractivity contribution in [3.05, 3.63) is 59.5 Å². The molecule has 1 N–H and O–H groups in total. The summed E-state index contributed by atoms with van der Waals surface area (Å²) in [5, 5.41) is 12.0. The van der Waals surface area contributed by atoms with Crippen molar-refractivity contribution in [3.63, 3.8) is 0 Å². The average Bonchev–Trinajstić information content (AvgIpc) is 3.00. The molecule has 0 aliphatic rings. The summed E-state index contributed by atoms with van der Waals surface area (Å²) in [5.41, 5.74) is 2.60. The van der Waals surface area contributed by atoms with Gasteiger partial charge in [-0.05, 0) is 30.7 Å². The van der Waals surface area contributed by atoms with Crippen LogP contribution in [-0.4, -0.2) is 22.4 Å². The zero-order valence-electron chi connectivity index (χ0n) is 13.4. The number of pyridine rings is 1. The lowest BCUT2D eigenvalue weighted by atomic mass is 10.2. The van der Waals surface area contributed by atoms with E-state index in [0.717, 1.165) is 0 Å². The third kappa shape index (κ3) is 2.57. The average molecular weight is 320 g/mol. The second kappa shape index (κ2) is 6.42. The maximum Gasteiger partial charge on any atom is 0.274 e. The summed E-state index contributed by atoms with van der Waals surface area (Å²) < 4.78 is 7.03. The van der Waals surface area contributed by atoms with E-state index in [9.17, 15) is 4.79 Å². The van der Waals surface area contributed by atoms with Gasteiger partial charge in [0.2, 0.25) is 0 Å². The number of ether oxygens (including phenoxy) is 1. The van der Waals surface area contributed by atoms with Gasteiger partial charge in [0.1, 0.15) is 11.8 Å². The summed E-state index contributed by atoms with van der Waals surface area (Å²) in [6.07, 6.45) is 2.38. The van der Waals surface area contributed by atoms with Crippen LogP contribution < -0.4 is 10.1 Å². The van der Waals surface area contributed by atoms with Gasteiger partial charge >= 0.3 is 0 Å². The maximum atomic E-state index is 12.8. The van der Waals surface area contributed by atoms with E-state index in [-0.39, 0.29) is 5.91 Å². The fraction of sp³-hybridized carbons (Fsp3) is 0.167. The van der Waals surface area contributed by atoms with Gasteiger partial charge < -0.3 is 10.1 Å². The molecule has 3 rings (SSSR count). The standard InChI is InChI=1S/C18H16N4O2/c1-3-13-16(22-10-6-9-15(24-2)17(22)20-13)18(23)21-14-8-5-4-7-12(14)11-19/h4-10H,3H2,1-2H3,(H,21,23). The van der Waals surface area contributed by atoms with Crippen LogP contribution in [0.15, 0.2) is 42.6 Å². The van der Waals surface area contributed by atoms with Crippen LogP contribution in [0.4, 0.5) is 5.69 Å². The first kappa shape index (κ1) is 15.6. The molecule has 1 amide bonds. The van der Waals surface area contributed by atoms with Crippen molar-refractivity contribution in [2.75, 3.05) is 12.4 Å². The number of carbonyl (C=O) groups excluding carboxylic acids is 1. The zero-order valence-corrected chi connectivity index (χ0v) is 13.4. The minimum Gasteiger partial charge on any atom is -0.493 e. The lowest BCUT2D eigenvalue weighted by molar-refractivity contribution is 0.102. The van der Waals surface area contributed by atoms with E-state index in [1.165, 1.54) is 0 Å². The van der Waals surface area contributed by atoms with Crippen LogP contribution in [0.25, 0.3) is 5.65 Å². The van der Waals surface area contributed by atoms with Crippen LogP contribution in [0, 0.1) is 11.3 Å². The minimum absolute atomic E-state index is 0.310. The molecule has 2 heterocycles. The number of benzene rings is 1. The second-order valence-corrected chi connectivity index (χ2v) is 5.14. The molecule has 0 aliphatic heterocycles. The van der Waals surface area contributed by atoms with Gasteiger partial charge in [0.05, 0.1) is 24.1 Å². The second-order valence-electron chi connectivity index (χ2n) is 5.14. The molecule has 0 atom stereocenters. The van der Waals surface area contributed by atoms with Gasteiger partial charge in [-0.2, -0.15) is 5.26 Å². The van der Waals surface area contributed by atoms with Crippen LogP contribution in [0.2, 0.25) is 0 Å². The zero-order chi connectivity index (χ0) is 17.1. The van der Waals surface area contributed by atoms with E-state index in [2.05, 4.69) is 16.4 Å². The highest BCUT2D eigenvalue weighted by Gasteiger charge is 2.20. The number of amides is 1. The summed E-state index contributed by atoms with van der Waals surface area (Å²) in [5.74, 6) is 0.291. The Labute approximate surface area is 139 Å². The van der Waals surface area contributed by atoms with Crippen LogP contribution in [0.1, 0.15) is 28.7 Å². The van der Waals surface area contributed by atoms with Crippen molar-refractivity contribution in [1.29, 1.82) is 5.26 Å². The lowest BCUT2D eigenvalue weighted by Crippen LogP contribution is -2.17. The first-order valence-corrected chi connectivity index (χ1v) is 7.54. The normalized spacial score (nSPS) is 10.4. The molecule has 0 spiro atoms. The van der Waals surface area contributed by atoms with Crippen LogP contribution in [0.3, 0.4) is 0 Å². The number of aromatic nitrogens is 2. The number of nitriles is 1.